The summed E-state index contributed by atoms with van der Waals surface area (Å²) in [6.07, 6.45) is -4.51. The molecule has 0 radical (unpaired) electrons. The lowest BCUT2D eigenvalue weighted by Crippen LogP contribution is -2.44. The fraction of sp³-hybridized carbons (Fsp3) is 0.263. The number of alkyl halides is 3. The maximum atomic E-state index is 12.8. The molecule has 2 N–H and O–H groups in total. The SMILES string of the molecule is CC(C)(C(=O)NCc1ccccc1)C(=O)Nc1cccc(C(F)(F)F)c1. The molecule has 2 rings (SSSR count). The maximum absolute atomic E-state index is 12.8. The summed E-state index contributed by atoms with van der Waals surface area (Å²) in [5.74, 6) is -1.21. The monoisotopic (exact) mass is 364 g/mol. The van der Waals surface area contributed by atoms with Crippen LogP contribution in [0.2, 0.25) is 0 Å². The Morgan fingerprint density at radius 1 is 0.923 bits per heavy atom. The van der Waals surface area contributed by atoms with Gasteiger partial charge in [0.15, 0.2) is 0 Å². The second-order valence-corrected chi connectivity index (χ2v) is 6.33. The van der Waals surface area contributed by atoms with Gasteiger partial charge in [-0.25, -0.2) is 0 Å². The largest absolute Gasteiger partial charge is 0.416 e. The zero-order valence-electron chi connectivity index (χ0n) is 14.4. The van der Waals surface area contributed by atoms with Gasteiger partial charge in [0.1, 0.15) is 5.41 Å². The fourth-order valence-corrected chi connectivity index (χ4v) is 2.16. The van der Waals surface area contributed by atoms with E-state index in [2.05, 4.69) is 10.6 Å². The van der Waals surface area contributed by atoms with Crippen molar-refractivity contribution in [1.29, 1.82) is 0 Å². The minimum absolute atomic E-state index is 0.0197. The Balaban J connectivity index is 2.04. The lowest BCUT2D eigenvalue weighted by atomic mass is 9.90. The summed E-state index contributed by atoms with van der Waals surface area (Å²) in [4.78, 5) is 24.7. The molecule has 26 heavy (non-hydrogen) atoms. The van der Waals surface area contributed by atoms with Gasteiger partial charge in [0.2, 0.25) is 11.8 Å². The minimum Gasteiger partial charge on any atom is -0.351 e. The summed E-state index contributed by atoms with van der Waals surface area (Å²) in [5.41, 5.74) is -1.48. The van der Waals surface area contributed by atoms with Crippen molar-refractivity contribution >= 4 is 17.5 Å². The average molecular weight is 364 g/mol. The highest BCUT2D eigenvalue weighted by Crippen LogP contribution is 2.31. The number of anilines is 1. The van der Waals surface area contributed by atoms with Gasteiger partial charge in [-0.05, 0) is 37.6 Å². The van der Waals surface area contributed by atoms with Gasteiger partial charge in [-0.15, -0.1) is 0 Å². The third-order valence-electron chi connectivity index (χ3n) is 3.88. The molecule has 0 aliphatic rings. The highest BCUT2D eigenvalue weighted by atomic mass is 19.4. The topological polar surface area (TPSA) is 58.2 Å². The molecule has 0 aromatic heterocycles. The average Bonchev–Trinajstić information content (AvgIpc) is 2.60. The van der Waals surface area contributed by atoms with Crippen molar-refractivity contribution in [1.82, 2.24) is 5.32 Å². The van der Waals surface area contributed by atoms with Crippen LogP contribution in [0.3, 0.4) is 0 Å². The van der Waals surface area contributed by atoms with Gasteiger partial charge in [0.05, 0.1) is 5.56 Å². The normalized spacial score (nSPS) is 11.7. The molecule has 4 nitrogen and oxygen atoms in total. The van der Waals surface area contributed by atoms with Crippen LogP contribution in [0.25, 0.3) is 0 Å². The molecule has 0 fully saturated rings. The lowest BCUT2D eigenvalue weighted by molar-refractivity contribution is -0.139. The first-order valence-electron chi connectivity index (χ1n) is 7.91. The van der Waals surface area contributed by atoms with Gasteiger partial charge in [-0.2, -0.15) is 13.2 Å². The number of carbonyl (C=O) groups excluding carboxylic acids is 2. The first kappa shape index (κ1) is 19.5. The van der Waals surface area contributed by atoms with Gasteiger partial charge >= 0.3 is 6.18 Å². The number of rotatable bonds is 5. The summed E-state index contributed by atoms with van der Waals surface area (Å²) < 4.78 is 38.3. The first-order valence-corrected chi connectivity index (χ1v) is 7.91. The molecule has 0 aliphatic heterocycles. The van der Waals surface area contributed by atoms with E-state index < -0.39 is 29.0 Å². The molecule has 7 heteroatoms. The van der Waals surface area contributed by atoms with Crippen molar-refractivity contribution in [3.05, 3.63) is 65.7 Å². The first-order chi connectivity index (χ1) is 12.1. The van der Waals surface area contributed by atoms with Crippen LogP contribution in [-0.4, -0.2) is 11.8 Å². The standard InChI is InChI=1S/C19H19F3N2O2/c1-18(2,16(25)23-12-13-7-4-3-5-8-13)17(26)24-15-10-6-9-14(11-15)19(20,21)22/h3-11H,12H2,1-2H3,(H,23,25)(H,24,26). The minimum atomic E-state index is -4.51. The van der Waals surface area contributed by atoms with Crippen molar-refractivity contribution in [2.45, 2.75) is 26.6 Å². The Kier molecular flexibility index (Phi) is 5.69. The molecule has 138 valence electrons. The highest BCUT2D eigenvalue weighted by Gasteiger charge is 2.36. The maximum Gasteiger partial charge on any atom is 0.416 e. The van der Waals surface area contributed by atoms with Crippen LogP contribution in [0.5, 0.6) is 0 Å². The van der Waals surface area contributed by atoms with E-state index in [1.165, 1.54) is 26.0 Å². The molecule has 2 amide bonds. The zero-order chi connectivity index (χ0) is 19.4. The van der Waals surface area contributed by atoms with Crippen LogP contribution in [0.1, 0.15) is 25.0 Å². The Hall–Kier alpha value is -2.83. The second-order valence-electron chi connectivity index (χ2n) is 6.33. The van der Waals surface area contributed by atoms with E-state index in [4.69, 9.17) is 0 Å². The van der Waals surface area contributed by atoms with Crippen molar-refractivity contribution in [2.24, 2.45) is 5.41 Å². The predicted octanol–water partition coefficient (Wildman–Crippen LogP) is 3.99. The van der Waals surface area contributed by atoms with Crippen molar-refractivity contribution < 1.29 is 22.8 Å². The molecule has 0 aliphatic carbocycles. The molecule has 0 atom stereocenters. The van der Waals surface area contributed by atoms with Crippen molar-refractivity contribution in [2.75, 3.05) is 5.32 Å². The zero-order valence-corrected chi connectivity index (χ0v) is 14.4. The van der Waals surface area contributed by atoms with Gasteiger partial charge < -0.3 is 10.6 Å². The molecule has 0 heterocycles. The highest BCUT2D eigenvalue weighted by molar-refractivity contribution is 6.09. The van der Waals surface area contributed by atoms with E-state index in [1.54, 1.807) is 0 Å². The van der Waals surface area contributed by atoms with Crippen LogP contribution >= 0.6 is 0 Å². The molecule has 0 bridgehead atoms. The van der Waals surface area contributed by atoms with Crippen LogP contribution < -0.4 is 10.6 Å². The summed E-state index contributed by atoms with van der Waals surface area (Å²) >= 11 is 0. The molecule has 0 saturated carbocycles. The molecule has 2 aromatic rings. The summed E-state index contributed by atoms with van der Waals surface area (Å²) in [6, 6.07) is 13.4. The number of carbonyl (C=O) groups is 2. The van der Waals surface area contributed by atoms with Crippen LogP contribution in [0, 0.1) is 5.41 Å². The van der Waals surface area contributed by atoms with Crippen molar-refractivity contribution in [3.8, 4) is 0 Å². The summed E-state index contributed by atoms with van der Waals surface area (Å²) in [5, 5.41) is 5.04. The van der Waals surface area contributed by atoms with Gasteiger partial charge in [-0.1, -0.05) is 36.4 Å². The number of hydrogen-bond donors (Lipinski definition) is 2. The Morgan fingerprint density at radius 3 is 2.19 bits per heavy atom. The number of benzene rings is 2. The lowest BCUT2D eigenvalue weighted by Gasteiger charge is -2.23. The third-order valence-corrected chi connectivity index (χ3v) is 3.88. The summed E-state index contributed by atoms with van der Waals surface area (Å²) in [6.45, 7) is 3.08. The van der Waals surface area contributed by atoms with Gasteiger partial charge in [0.25, 0.3) is 0 Å². The van der Waals surface area contributed by atoms with Crippen molar-refractivity contribution in [3.63, 3.8) is 0 Å². The third kappa shape index (κ3) is 4.84. The van der Waals surface area contributed by atoms with E-state index in [1.807, 2.05) is 30.3 Å². The number of nitrogens with one attached hydrogen (secondary N) is 2. The van der Waals surface area contributed by atoms with E-state index in [0.29, 0.717) is 0 Å². The Morgan fingerprint density at radius 2 is 1.58 bits per heavy atom. The van der Waals surface area contributed by atoms with Crippen LogP contribution in [-0.2, 0) is 22.3 Å². The number of hydrogen-bond acceptors (Lipinski definition) is 2. The smallest absolute Gasteiger partial charge is 0.351 e. The van der Waals surface area contributed by atoms with E-state index in [0.717, 1.165) is 17.7 Å². The number of halogens is 3. The predicted molar refractivity (Wildman–Crippen MR) is 92.1 cm³/mol. The Bertz CT molecular complexity index is 787. The van der Waals surface area contributed by atoms with E-state index in [-0.39, 0.29) is 12.2 Å². The van der Waals surface area contributed by atoms with E-state index in [9.17, 15) is 22.8 Å². The second kappa shape index (κ2) is 7.59. The molecular weight excluding hydrogens is 345 g/mol. The molecular formula is C19H19F3N2O2. The fourth-order valence-electron chi connectivity index (χ4n) is 2.16. The van der Waals surface area contributed by atoms with Gasteiger partial charge in [-0.3, -0.25) is 9.59 Å². The van der Waals surface area contributed by atoms with Crippen LogP contribution in [0.15, 0.2) is 54.6 Å². The molecule has 0 spiro atoms. The number of amides is 2. The molecule has 0 unspecified atom stereocenters. The van der Waals surface area contributed by atoms with Gasteiger partial charge in [0, 0.05) is 12.2 Å². The molecule has 2 aromatic carbocycles. The summed E-state index contributed by atoms with van der Waals surface area (Å²) in [7, 11) is 0. The Labute approximate surface area is 149 Å². The van der Waals surface area contributed by atoms with Crippen LogP contribution in [0.4, 0.5) is 18.9 Å². The quantitative estimate of drug-likeness (QED) is 0.789. The van der Waals surface area contributed by atoms with E-state index >= 15 is 0 Å². The molecule has 0 saturated heterocycles.